The maximum atomic E-state index is 15.1. The fourth-order valence-corrected chi connectivity index (χ4v) is 8.41. The van der Waals surface area contributed by atoms with Crippen LogP contribution in [0.5, 0.6) is 5.75 Å². The van der Waals surface area contributed by atoms with Crippen molar-refractivity contribution in [3.05, 3.63) is 98.9 Å². The van der Waals surface area contributed by atoms with Crippen LogP contribution >= 0.6 is 23.2 Å². The Morgan fingerprint density at radius 1 is 1.00 bits per heavy atom. The number of urea groups is 1. The number of amides is 6. The summed E-state index contributed by atoms with van der Waals surface area (Å²) < 4.78 is 55.2. The summed E-state index contributed by atoms with van der Waals surface area (Å²) in [5.41, 5.74) is 5.52. The summed E-state index contributed by atoms with van der Waals surface area (Å²) >= 11 is 12.4. The first-order valence-corrected chi connectivity index (χ1v) is 15.8. The number of halogens is 6. The number of hydrogen-bond donors (Lipinski definition) is 3. The van der Waals surface area contributed by atoms with Crippen molar-refractivity contribution in [3.8, 4) is 5.75 Å². The molecule has 11 nitrogen and oxygen atoms in total. The molecule has 3 aromatic rings. The van der Waals surface area contributed by atoms with Gasteiger partial charge in [-0.25, -0.2) is 14.2 Å². The summed E-state index contributed by atoms with van der Waals surface area (Å²) in [6, 6.07) is 8.65. The lowest BCUT2D eigenvalue weighted by atomic mass is 9.49. The van der Waals surface area contributed by atoms with E-state index in [1.165, 1.54) is 30.3 Å². The van der Waals surface area contributed by atoms with Gasteiger partial charge in [-0.05, 0) is 60.2 Å². The van der Waals surface area contributed by atoms with Crippen LogP contribution in [0, 0.1) is 29.5 Å². The Hall–Kier alpha value is -5.02. The van der Waals surface area contributed by atoms with Crippen molar-refractivity contribution in [1.29, 1.82) is 0 Å². The van der Waals surface area contributed by atoms with Crippen molar-refractivity contribution in [2.24, 2.45) is 29.4 Å². The number of hydrazine groups is 1. The fraction of sp³-hybridized carbons (Fsp3) is 0.273. The first kappa shape index (κ1) is 33.5. The molecule has 6 atom stereocenters. The first-order chi connectivity index (χ1) is 23.6. The van der Waals surface area contributed by atoms with Gasteiger partial charge in [0.2, 0.25) is 11.8 Å². The van der Waals surface area contributed by atoms with Crippen LogP contribution in [0.2, 0.25) is 10.0 Å². The molecule has 1 saturated carbocycles. The largest absolute Gasteiger partial charge is 0.505 e. The topological polar surface area (TPSA) is 163 Å². The number of carbonyl (C=O) groups is 5. The molecular weight excluding hydrogens is 709 g/mol. The molecule has 3 heterocycles. The molecule has 6 amide bonds. The maximum Gasteiger partial charge on any atom is 0.417 e. The lowest BCUT2D eigenvalue weighted by Crippen LogP contribution is -2.53. The number of phenols is 1. The molecule has 4 aliphatic rings. The van der Waals surface area contributed by atoms with E-state index in [0.717, 1.165) is 12.1 Å². The minimum absolute atomic E-state index is 0.0571. The number of benzene rings is 2. The third-order valence-corrected chi connectivity index (χ3v) is 10.6. The molecule has 4 N–H and O–H groups in total. The van der Waals surface area contributed by atoms with Crippen molar-refractivity contribution < 1.29 is 46.6 Å². The zero-order valence-electron chi connectivity index (χ0n) is 25.2. The molecule has 6 unspecified atom stereocenters. The average Bonchev–Trinajstić information content (AvgIpc) is 3.44. The van der Waals surface area contributed by atoms with Gasteiger partial charge in [0.15, 0.2) is 17.4 Å². The molecule has 7 rings (SSSR count). The number of nitrogens with two attached hydrogens (primary N) is 1. The number of phenolic OH excluding ortho intramolecular Hbond substituents is 1. The van der Waals surface area contributed by atoms with E-state index in [1.54, 1.807) is 6.08 Å². The highest BCUT2D eigenvalue weighted by molar-refractivity contribution is 6.33. The Kier molecular flexibility index (Phi) is 7.71. The minimum Gasteiger partial charge on any atom is -0.505 e. The number of hydrogen-bond acceptors (Lipinski definition) is 8. The second kappa shape index (κ2) is 11.5. The number of primary amides is 1. The van der Waals surface area contributed by atoms with E-state index in [0.29, 0.717) is 27.7 Å². The van der Waals surface area contributed by atoms with Crippen LogP contribution in [0.1, 0.15) is 35.4 Å². The van der Waals surface area contributed by atoms with E-state index < -0.39 is 98.8 Å². The normalized spacial score (nSPS) is 27.6. The van der Waals surface area contributed by atoms with Crippen molar-refractivity contribution in [3.63, 3.8) is 0 Å². The van der Waals surface area contributed by atoms with E-state index in [2.05, 4.69) is 10.4 Å². The van der Waals surface area contributed by atoms with E-state index >= 15 is 4.39 Å². The number of likely N-dealkylation sites (tertiary alicyclic amines) is 1. The van der Waals surface area contributed by atoms with Gasteiger partial charge in [-0.1, -0.05) is 53.1 Å². The summed E-state index contributed by atoms with van der Waals surface area (Å²) in [5.74, 6) is -11.4. The second-order valence-corrected chi connectivity index (χ2v) is 13.3. The number of fused-ring (bicyclic) bond motifs is 4. The van der Waals surface area contributed by atoms with Gasteiger partial charge >= 0.3 is 12.2 Å². The SMILES string of the molecule is NC(=O)N1C(=O)C2CC=C3C(CC4C(=O)N(Nc5ncc(C(F)(F)F)cc5Cl)C(=O)C4(c4ccc(Cl)cc4)C3c3ccc(O)c(F)c3)C2C1=O. The summed E-state index contributed by atoms with van der Waals surface area (Å²) in [7, 11) is 0. The summed E-state index contributed by atoms with van der Waals surface area (Å²) in [5, 5.41) is 10.4. The molecule has 2 aliphatic carbocycles. The highest BCUT2D eigenvalue weighted by Gasteiger charge is 2.70. The van der Waals surface area contributed by atoms with Crippen LogP contribution in [0.15, 0.2) is 66.4 Å². The molecule has 2 aliphatic heterocycles. The van der Waals surface area contributed by atoms with Gasteiger partial charge < -0.3 is 10.8 Å². The van der Waals surface area contributed by atoms with E-state index in [9.17, 15) is 42.3 Å². The van der Waals surface area contributed by atoms with E-state index in [4.69, 9.17) is 28.9 Å². The number of aromatic nitrogens is 1. The van der Waals surface area contributed by atoms with Crippen LogP contribution in [0.3, 0.4) is 0 Å². The first-order valence-electron chi connectivity index (χ1n) is 15.1. The number of carbonyl (C=O) groups excluding carboxylic acids is 5. The van der Waals surface area contributed by atoms with Crippen LogP contribution < -0.4 is 11.2 Å². The fourth-order valence-electron chi connectivity index (χ4n) is 8.08. The lowest BCUT2D eigenvalue weighted by molar-refractivity contribution is -0.140. The number of anilines is 1. The monoisotopic (exact) mass is 731 g/mol. The predicted molar refractivity (Wildman–Crippen MR) is 166 cm³/mol. The van der Waals surface area contributed by atoms with Gasteiger partial charge in [0, 0.05) is 17.1 Å². The zero-order chi connectivity index (χ0) is 36.0. The van der Waals surface area contributed by atoms with Gasteiger partial charge in [-0.3, -0.25) is 24.6 Å². The number of nitrogens with zero attached hydrogens (tertiary/aromatic N) is 3. The molecule has 0 bridgehead atoms. The Bertz CT molecular complexity index is 2060. The van der Waals surface area contributed by atoms with Crippen molar-refractivity contribution >= 4 is 58.7 Å². The molecule has 3 fully saturated rings. The highest BCUT2D eigenvalue weighted by Crippen LogP contribution is 2.64. The zero-order valence-corrected chi connectivity index (χ0v) is 26.8. The standard InChI is InChI=1S/C33H23Cl2F4N5O6/c34-16-4-2-14(3-5-16)32-20(28(47)44(30(32)49)42-26-21(35)10-15(12-41-26)33(37,38)39)11-19-17(25(32)13-1-8-23(45)22(36)9-13)6-7-18-24(19)29(48)43(27(18)46)31(40)50/h1-6,8-10,12,18-20,24-25,45H,7,11H2,(H2,40,50)(H,41,42). The number of allylic oxidation sites excluding steroid dienone is 2. The van der Waals surface area contributed by atoms with Crippen molar-refractivity contribution in [1.82, 2.24) is 14.9 Å². The molecular formula is C33H23Cl2F4N5O6. The van der Waals surface area contributed by atoms with Crippen LogP contribution in [-0.2, 0) is 30.8 Å². The molecule has 0 spiro atoms. The van der Waals surface area contributed by atoms with E-state index in [1.807, 2.05) is 0 Å². The summed E-state index contributed by atoms with van der Waals surface area (Å²) in [4.78, 5) is 72.6. The quantitative estimate of drug-likeness (QED) is 0.185. The average molecular weight is 732 g/mol. The molecule has 2 aromatic carbocycles. The van der Waals surface area contributed by atoms with E-state index in [-0.39, 0.29) is 29.0 Å². The Morgan fingerprint density at radius 2 is 1.70 bits per heavy atom. The van der Waals surface area contributed by atoms with Gasteiger partial charge in [-0.2, -0.15) is 23.1 Å². The molecule has 50 heavy (non-hydrogen) atoms. The van der Waals surface area contributed by atoms with Crippen LogP contribution in [0.4, 0.5) is 28.2 Å². The number of aromatic hydroxyl groups is 1. The maximum absolute atomic E-state index is 15.1. The number of alkyl halides is 3. The summed E-state index contributed by atoms with van der Waals surface area (Å²) in [6.45, 7) is 0. The Labute approximate surface area is 289 Å². The van der Waals surface area contributed by atoms with Gasteiger partial charge in [0.25, 0.3) is 11.8 Å². The van der Waals surface area contributed by atoms with Crippen LogP contribution in [-0.4, -0.2) is 49.7 Å². The van der Waals surface area contributed by atoms with Crippen LogP contribution in [0.25, 0.3) is 0 Å². The Balaban J connectivity index is 1.44. The number of imide groups is 4. The number of nitrogens with one attached hydrogen (secondary N) is 1. The minimum atomic E-state index is -4.79. The Morgan fingerprint density at radius 3 is 2.32 bits per heavy atom. The smallest absolute Gasteiger partial charge is 0.417 e. The molecule has 1 aromatic heterocycles. The molecule has 0 radical (unpaired) electrons. The van der Waals surface area contributed by atoms with Gasteiger partial charge in [0.1, 0.15) is 0 Å². The predicted octanol–water partition coefficient (Wildman–Crippen LogP) is 5.32. The summed E-state index contributed by atoms with van der Waals surface area (Å²) in [6.07, 6.45) is -2.98. The molecule has 258 valence electrons. The molecule has 17 heteroatoms. The number of pyridine rings is 1. The highest BCUT2D eigenvalue weighted by atomic mass is 35.5. The van der Waals surface area contributed by atoms with Gasteiger partial charge in [0.05, 0.1) is 33.8 Å². The second-order valence-electron chi connectivity index (χ2n) is 12.5. The third kappa shape index (κ3) is 4.77. The lowest BCUT2D eigenvalue weighted by Gasteiger charge is -2.50. The third-order valence-electron chi connectivity index (χ3n) is 10.1. The van der Waals surface area contributed by atoms with Gasteiger partial charge in [-0.15, -0.1) is 0 Å². The number of rotatable bonds is 4. The molecule has 2 saturated heterocycles. The van der Waals surface area contributed by atoms with Crippen molar-refractivity contribution in [2.45, 2.75) is 30.4 Å². The van der Waals surface area contributed by atoms with Crippen molar-refractivity contribution in [2.75, 3.05) is 5.43 Å².